The number of sulfonamides is 1. The first-order chi connectivity index (χ1) is 10.1. The maximum atomic E-state index is 12.1. The van der Waals surface area contributed by atoms with E-state index in [4.69, 9.17) is 0 Å². The van der Waals surface area contributed by atoms with Gasteiger partial charge >= 0.3 is 0 Å². The summed E-state index contributed by atoms with van der Waals surface area (Å²) < 4.78 is 27.0. The molecule has 6 heteroatoms. The van der Waals surface area contributed by atoms with Gasteiger partial charge in [-0.25, -0.2) is 13.1 Å². The molecule has 21 heavy (non-hydrogen) atoms. The summed E-state index contributed by atoms with van der Waals surface area (Å²) in [5.74, 6) is 1.25. The van der Waals surface area contributed by atoms with Gasteiger partial charge in [-0.3, -0.25) is 0 Å². The average Bonchev–Trinajstić information content (AvgIpc) is 2.97. The van der Waals surface area contributed by atoms with E-state index in [9.17, 15) is 8.42 Å². The van der Waals surface area contributed by atoms with Crippen LogP contribution < -0.4 is 10.0 Å². The molecule has 0 aromatic heterocycles. The molecular formula is C15H31N3O2S. The number of likely N-dealkylation sites (tertiary alicyclic amines) is 1. The molecular weight excluding hydrogens is 286 g/mol. The highest BCUT2D eigenvalue weighted by atomic mass is 32.2. The predicted octanol–water partition coefficient (Wildman–Crippen LogP) is 1.03. The first-order valence-corrected chi connectivity index (χ1v) is 10.1. The Bertz CT molecular complexity index is 388. The van der Waals surface area contributed by atoms with Gasteiger partial charge in [-0.1, -0.05) is 6.92 Å². The van der Waals surface area contributed by atoms with E-state index in [2.05, 4.69) is 21.9 Å². The minimum atomic E-state index is -3.10. The van der Waals surface area contributed by atoms with Gasteiger partial charge < -0.3 is 10.2 Å². The van der Waals surface area contributed by atoms with Gasteiger partial charge in [0.2, 0.25) is 10.0 Å². The highest BCUT2D eigenvalue weighted by Gasteiger charge is 2.19. The predicted molar refractivity (Wildman–Crippen MR) is 86.8 cm³/mol. The molecule has 0 amide bonds. The highest BCUT2D eigenvalue weighted by molar-refractivity contribution is 7.89. The van der Waals surface area contributed by atoms with Crippen LogP contribution in [-0.4, -0.2) is 58.3 Å². The minimum absolute atomic E-state index is 0.286. The number of rotatable bonds is 8. The van der Waals surface area contributed by atoms with E-state index in [0.29, 0.717) is 18.4 Å². The third-order valence-corrected chi connectivity index (χ3v) is 6.05. The summed E-state index contributed by atoms with van der Waals surface area (Å²) in [6, 6.07) is 0. The number of nitrogens with zero attached hydrogens (tertiary/aromatic N) is 1. The molecule has 2 saturated heterocycles. The lowest BCUT2D eigenvalue weighted by atomic mass is 9.96. The van der Waals surface area contributed by atoms with E-state index in [1.807, 2.05) is 0 Å². The maximum absolute atomic E-state index is 12.1. The summed E-state index contributed by atoms with van der Waals surface area (Å²) in [5.41, 5.74) is 0. The van der Waals surface area contributed by atoms with E-state index < -0.39 is 10.0 Å². The molecule has 2 aliphatic rings. The summed E-state index contributed by atoms with van der Waals surface area (Å²) >= 11 is 0. The number of piperidine rings is 1. The molecule has 0 bridgehead atoms. The first-order valence-electron chi connectivity index (χ1n) is 8.45. The Morgan fingerprint density at radius 1 is 1.24 bits per heavy atom. The van der Waals surface area contributed by atoms with Crippen molar-refractivity contribution >= 4 is 10.0 Å². The van der Waals surface area contributed by atoms with Crippen LogP contribution >= 0.6 is 0 Å². The van der Waals surface area contributed by atoms with Crippen LogP contribution in [0.3, 0.4) is 0 Å². The van der Waals surface area contributed by atoms with Crippen LogP contribution in [0.15, 0.2) is 0 Å². The highest BCUT2D eigenvalue weighted by Crippen LogP contribution is 2.16. The number of hydrogen-bond acceptors (Lipinski definition) is 4. The second-order valence-corrected chi connectivity index (χ2v) is 8.69. The van der Waals surface area contributed by atoms with Crippen molar-refractivity contribution in [1.82, 2.24) is 14.9 Å². The Kier molecular flexibility index (Phi) is 6.92. The van der Waals surface area contributed by atoms with Crippen molar-refractivity contribution in [1.29, 1.82) is 0 Å². The van der Waals surface area contributed by atoms with Crippen LogP contribution in [-0.2, 0) is 10.0 Å². The van der Waals surface area contributed by atoms with Gasteiger partial charge in [0.1, 0.15) is 0 Å². The summed E-state index contributed by atoms with van der Waals surface area (Å²) in [4.78, 5) is 2.44. The fourth-order valence-corrected chi connectivity index (χ4v) is 4.63. The zero-order chi connectivity index (χ0) is 15.1. The second-order valence-electron chi connectivity index (χ2n) is 6.76. The van der Waals surface area contributed by atoms with E-state index in [1.54, 1.807) is 0 Å². The number of hydrogen-bond donors (Lipinski definition) is 2. The molecule has 2 N–H and O–H groups in total. The average molecular weight is 317 g/mol. The monoisotopic (exact) mass is 317 g/mol. The topological polar surface area (TPSA) is 61.4 Å². The minimum Gasteiger partial charge on any atom is -0.317 e. The van der Waals surface area contributed by atoms with Gasteiger partial charge in [0.25, 0.3) is 0 Å². The summed E-state index contributed by atoms with van der Waals surface area (Å²) in [6.07, 6.45) is 5.60. The van der Waals surface area contributed by atoms with Crippen molar-refractivity contribution in [2.24, 2.45) is 11.8 Å². The smallest absolute Gasteiger partial charge is 0.211 e. The van der Waals surface area contributed by atoms with Crippen molar-refractivity contribution in [3.63, 3.8) is 0 Å². The van der Waals surface area contributed by atoms with Crippen LogP contribution in [0.2, 0.25) is 0 Å². The van der Waals surface area contributed by atoms with Crippen LogP contribution in [0.4, 0.5) is 0 Å². The van der Waals surface area contributed by atoms with Gasteiger partial charge in [-0.15, -0.1) is 0 Å². The van der Waals surface area contributed by atoms with Gasteiger partial charge in [0, 0.05) is 13.1 Å². The van der Waals surface area contributed by atoms with Gasteiger partial charge in [-0.2, -0.15) is 0 Å². The van der Waals surface area contributed by atoms with Crippen molar-refractivity contribution in [3.05, 3.63) is 0 Å². The first kappa shape index (κ1) is 17.2. The van der Waals surface area contributed by atoms with E-state index >= 15 is 0 Å². The quantitative estimate of drug-likeness (QED) is 0.702. The Hall–Kier alpha value is -0.170. The maximum Gasteiger partial charge on any atom is 0.211 e. The Morgan fingerprint density at radius 2 is 1.90 bits per heavy atom. The molecule has 2 rings (SSSR count). The normalized spacial score (nSPS) is 23.5. The van der Waals surface area contributed by atoms with Crippen LogP contribution in [0.5, 0.6) is 0 Å². The third kappa shape index (κ3) is 6.63. The molecule has 1 atom stereocenters. The molecule has 5 nitrogen and oxygen atoms in total. The lowest BCUT2D eigenvalue weighted by molar-refractivity contribution is 0.288. The Morgan fingerprint density at radius 3 is 2.57 bits per heavy atom. The molecule has 0 aromatic carbocycles. The van der Waals surface area contributed by atoms with Crippen LogP contribution in [0.25, 0.3) is 0 Å². The molecule has 2 aliphatic heterocycles. The van der Waals surface area contributed by atoms with Crippen molar-refractivity contribution in [3.8, 4) is 0 Å². The van der Waals surface area contributed by atoms with E-state index in [1.165, 1.54) is 25.9 Å². The number of nitrogens with one attached hydrogen (secondary N) is 2. The van der Waals surface area contributed by atoms with E-state index in [-0.39, 0.29) is 5.75 Å². The van der Waals surface area contributed by atoms with Crippen LogP contribution in [0.1, 0.15) is 39.0 Å². The molecule has 1 unspecified atom stereocenters. The Balaban J connectivity index is 1.62. The summed E-state index contributed by atoms with van der Waals surface area (Å²) in [6.45, 7) is 8.13. The molecule has 0 spiro atoms. The second kappa shape index (κ2) is 8.46. The SMILES string of the molecule is CC(CNS(=O)(=O)CCC1CCNCC1)CN1CCCC1. The third-order valence-electron chi connectivity index (χ3n) is 4.67. The van der Waals surface area contributed by atoms with Crippen molar-refractivity contribution < 1.29 is 8.42 Å². The van der Waals surface area contributed by atoms with Crippen molar-refractivity contribution in [2.75, 3.05) is 45.0 Å². The lowest BCUT2D eigenvalue weighted by Gasteiger charge is -2.23. The fraction of sp³-hybridized carbons (Fsp3) is 1.00. The van der Waals surface area contributed by atoms with E-state index in [0.717, 1.165) is 38.9 Å². The standard InChI is InChI=1S/C15H31N3O2S/c1-14(13-18-9-2-3-10-18)12-17-21(19,20)11-6-15-4-7-16-8-5-15/h14-17H,2-13H2,1H3. The van der Waals surface area contributed by atoms with Gasteiger partial charge in [0.05, 0.1) is 5.75 Å². The lowest BCUT2D eigenvalue weighted by Crippen LogP contribution is -2.36. The molecule has 0 saturated carbocycles. The van der Waals surface area contributed by atoms with Gasteiger partial charge in [-0.05, 0) is 70.1 Å². The summed E-state index contributed by atoms with van der Waals surface area (Å²) in [5, 5.41) is 3.32. The molecule has 2 fully saturated rings. The van der Waals surface area contributed by atoms with Crippen molar-refractivity contribution in [2.45, 2.75) is 39.0 Å². The Labute approximate surface area is 129 Å². The molecule has 124 valence electrons. The molecule has 2 heterocycles. The van der Waals surface area contributed by atoms with Crippen LogP contribution in [0, 0.1) is 11.8 Å². The molecule has 0 radical (unpaired) electrons. The fourth-order valence-electron chi connectivity index (χ4n) is 3.30. The zero-order valence-electron chi connectivity index (χ0n) is 13.3. The van der Waals surface area contributed by atoms with Gasteiger partial charge in [0.15, 0.2) is 0 Å². The zero-order valence-corrected chi connectivity index (χ0v) is 14.1. The molecule has 0 aliphatic carbocycles. The molecule has 0 aromatic rings. The summed E-state index contributed by atoms with van der Waals surface area (Å²) in [7, 11) is -3.10. The largest absolute Gasteiger partial charge is 0.317 e.